The summed E-state index contributed by atoms with van der Waals surface area (Å²) in [6.45, 7) is 7.18. The van der Waals surface area contributed by atoms with Crippen LogP contribution in [0.15, 0.2) is 0 Å². The molecule has 0 saturated carbocycles. The molecule has 1 unspecified atom stereocenters. The smallest absolute Gasteiger partial charge is 0.268 e. The standard InChI is InChI=1S/C25H50NO4P.H2O/c1-2-3-4-5-6-7-8-9-10-11-12-13-14-15-23-29-31(27,28)30-24-22-26-19-16-25(17-20-26)18-21-26;/h25H,2-24H2,1H3;1H2. The molecule has 7 heteroatoms. The average Bonchev–Trinajstić information content (AvgIpc) is 2.77. The number of rotatable bonds is 20. The van der Waals surface area contributed by atoms with Crippen LogP contribution >= 0.6 is 7.82 Å². The lowest BCUT2D eigenvalue weighted by Gasteiger charge is -2.49. The van der Waals surface area contributed by atoms with Gasteiger partial charge in [-0.05, 0) is 31.6 Å². The molecule has 0 aliphatic carbocycles. The second-order valence-electron chi connectivity index (χ2n) is 10.2. The van der Waals surface area contributed by atoms with E-state index < -0.39 is 7.82 Å². The summed E-state index contributed by atoms with van der Waals surface area (Å²) >= 11 is 0. The van der Waals surface area contributed by atoms with Gasteiger partial charge >= 0.3 is 0 Å². The van der Waals surface area contributed by atoms with Crippen molar-refractivity contribution in [3.05, 3.63) is 0 Å². The highest BCUT2D eigenvalue weighted by molar-refractivity contribution is 7.45. The molecule has 2 N–H and O–H groups in total. The molecule has 0 radical (unpaired) electrons. The van der Waals surface area contributed by atoms with Gasteiger partial charge in [-0.15, -0.1) is 0 Å². The van der Waals surface area contributed by atoms with Crippen molar-refractivity contribution in [3.63, 3.8) is 0 Å². The van der Waals surface area contributed by atoms with E-state index in [1.165, 1.54) is 116 Å². The predicted octanol–water partition coefficient (Wildman–Crippen LogP) is 5.78. The summed E-state index contributed by atoms with van der Waals surface area (Å²) in [5, 5.41) is 0. The topological polar surface area (TPSA) is 90.1 Å². The van der Waals surface area contributed by atoms with Crippen LogP contribution in [0.1, 0.15) is 116 Å². The van der Waals surface area contributed by atoms with Gasteiger partial charge in [0.05, 0.1) is 26.2 Å². The van der Waals surface area contributed by atoms with Crippen LogP contribution in [0.3, 0.4) is 0 Å². The Kier molecular flexibility index (Phi) is 16.4. The third-order valence-electron chi connectivity index (χ3n) is 7.60. The van der Waals surface area contributed by atoms with Crippen LogP contribution in [0.2, 0.25) is 0 Å². The molecule has 3 rings (SSSR count). The molecule has 192 valence electrons. The molecule has 3 aliphatic rings. The van der Waals surface area contributed by atoms with Crippen molar-refractivity contribution in [2.24, 2.45) is 5.92 Å². The highest BCUT2D eigenvalue weighted by Crippen LogP contribution is 2.39. The normalized spacial score (nSPS) is 24.2. The molecule has 3 heterocycles. The zero-order valence-electron chi connectivity index (χ0n) is 20.9. The fraction of sp³-hybridized carbons (Fsp3) is 1.00. The van der Waals surface area contributed by atoms with Gasteiger partial charge in [-0.25, -0.2) is 0 Å². The van der Waals surface area contributed by atoms with Gasteiger partial charge in [-0.3, -0.25) is 4.57 Å². The zero-order valence-corrected chi connectivity index (χ0v) is 21.8. The number of hydrogen-bond donors (Lipinski definition) is 0. The van der Waals surface area contributed by atoms with Gasteiger partial charge in [0.2, 0.25) is 0 Å². The minimum atomic E-state index is -4.13. The number of piperidine rings is 3. The molecule has 6 nitrogen and oxygen atoms in total. The lowest BCUT2D eigenvalue weighted by Crippen LogP contribution is -2.59. The average molecular weight is 478 g/mol. The highest BCUT2D eigenvalue weighted by Gasteiger charge is 2.39. The Bertz CT molecular complexity index is 483. The predicted molar refractivity (Wildman–Crippen MR) is 131 cm³/mol. The van der Waals surface area contributed by atoms with Crippen molar-refractivity contribution >= 4 is 7.82 Å². The van der Waals surface area contributed by atoms with Crippen LogP contribution in [0, 0.1) is 5.92 Å². The molecule has 1 atom stereocenters. The zero-order chi connectivity index (χ0) is 22.3. The Hall–Kier alpha value is 0.0300. The van der Waals surface area contributed by atoms with E-state index >= 15 is 0 Å². The SMILES string of the molecule is CCCCCCCCCCCCCCCCOP(=O)([O-])OCC[N+]12CCC(CC1)CC2.O. The number of quaternary nitrogens is 1. The van der Waals surface area contributed by atoms with Gasteiger partial charge < -0.3 is 23.9 Å². The van der Waals surface area contributed by atoms with Crippen LogP contribution in [0.25, 0.3) is 0 Å². The van der Waals surface area contributed by atoms with E-state index in [2.05, 4.69) is 6.92 Å². The summed E-state index contributed by atoms with van der Waals surface area (Å²) in [5.41, 5.74) is 0. The second kappa shape index (κ2) is 17.5. The fourth-order valence-corrected chi connectivity index (χ4v) is 6.06. The van der Waals surface area contributed by atoms with Gasteiger partial charge in [-0.2, -0.15) is 0 Å². The van der Waals surface area contributed by atoms with Crippen LogP contribution in [-0.2, 0) is 13.6 Å². The maximum Gasteiger partial charge on any atom is 0.268 e. The molecule has 3 aliphatic heterocycles. The first-order valence-corrected chi connectivity index (χ1v) is 15.0. The van der Waals surface area contributed by atoms with Crippen LogP contribution in [0.4, 0.5) is 0 Å². The highest BCUT2D eigenvalue weighted by atomic mass is 31.2. The minimum Gasteiger partial charge on any atom is -0.756 e. The summed E-state index contributed by atoms with van der Waals surface area (Å²) in [6, 6.07) is 0. The molecule has 0 aromatic carbocycles. The van der Waals surface area contributed by atoms with E-state index in [1.807, 2.05) is 0 Å². The number of hydrogen-bond acceptors (Lipinski definition) is 4. The van der Waals surface area contributed by atoms with Crippen molar-refractivity contribution in [3.8, 4) is 0 Å². The van der Waals surface area contributed by atoms with Crippen molar-refractivity contribution in [2.45, 2.75) is 116 Å². The lowest BCUT2D eigenvalue weighted by atomic mass is 9.86. The lowest BCUT2D eigenvalue weighted by molar-refractivity contribution is -0.942. The van der Waals surface area contributed by atoms with Crippen molar-refractivity contribution in [1.29, 1.82) is 0 Å². The summed E-state index contributed by atoms with van der Waals surface area (Å²) in [5.74, 6) is 0.917. The van der Waals surface area contributed by atoms with Gasteiger partial charge in [0.15, 0.2) is 0 Å². The van der Waals surface area contributed by atoms with Gasteiger partial charge in [0.25, 0.3) is 7.82 Å². The molecule has 3 saturated heterocycles. The third kappa shape index (κ3) is 13.1. The van der Waals surface area contributed by atoms with Crippen molar-refractivity contribution in [1.82, 2.24) is 0 Å². The maximum atomic E-state index is 12.0. The Labute approximate surface area is 198 Å². The van der Waals surface area contributed by atoms with E-state index in [-0.39, 0.29) is 18.7 Å². The number of nitrogens with zero attached hydrogens (tertiary/aromatic N) is 1. The first-order chi connectivity index (χ1) is 15.1. The largest absolute Gasteiger partial charge is 0.756 e. The summed E-state index contributed by atoms with van der Waals surface area (Å²) in [6.07, 6.45) is 21.9. The third-order valence-corrected chi connectivity index (χ3v) is 8.59. The van der Waals surface area contributed by atoms with Crippen LogP contribution < -0.4 is 4.89 Å². The van der Waals surface area contributed by atoms with Gasteiger partial charge in [0.1, 0.15) is 13.2 Å². The molecular formula is C25H52NO5P. The first kappa shape index (κ1) is 30.1. The van der Waals surface area contributed by atoms with E-state index in [0.717, 1.165) is 29.8 Å². The second-order valence-corrected chi connectivity index (χ2v) is 11.6. The Balaban J connectivity index is 0.00000512. The van der Waals surface area contributed by atoms with E-state index in [9.17, 15) is 9.46 Å². The van der Waals surface area contributed by atoms with Gasteiger partial charge in [-0.1, -0.05) is 90.4 Å². The molecule has 0 aromatic rings. The summed E-state index contributed by atoms with van der Waals surface area (Å²) < 4.78 is 23.3. The van der Waals surface area contributed by atoms with E-state index in [0.29, 0.717) is 0 Å². The Morgan fingerprint density at radius 2 is 1.12 bits per heavy atom. The molecule has 32 heavy (non-hydrogen) atoms. The number of phosphoric acid groups is 1. The summed E-state index contributed by atoms with van der Waals surface area (Å²) in [7, 11) is -4.13. The Morgan fingerprint density at radius 1 is 0.719 bits per heavy atom. The van der Waals surface area contributed by atoms with Crippen molar-refractivity contribution < 1.29 is 28.5 Å². The number of phosphoric ester groups is 1. The molecule has 3 fully saturated rings. The maximum absolute atomic E-state index is 12.0. The number of fused-ring (bicyclic) bond motifs is 3. The van der Waals surface area contributed by atoms with E-state index in [1.54, 1.807) is 0 Å². The molecule has 0 aromatic heterocycles. The fourth-order valence-electron chi connectivity index (χ4n) is 5.33. The van der Waals surface area contributed by atoms with Crippen LogP contribution in [0.5, 0.6) is 0 Å². The monoisotopic (exact) mass is 477 g/mol. The van der Waals surface area contributed by atoms with Gasteiger partial charge in [0, 0.05) is 0 Å². The molecule has 2 bridgehead atoms. The molecule has 0 spiro atoms. The first-order valence-electron chi connectivity index (χ1n) is 13.5. The quantitative estimate of drug-likeness (QED) is 0.126. The van der Waals surface area contributed by atoms with Crippen molar-refractivity contribution in [2.75, 3.05) is 39.4 Å². The molecular weight excluding hydrogens is 425 g/mol. The summed E-state index contributed by atoms with van der Waals surface area (Å²) in [4.78, 5) is 12.0. The molecule has 0 amide bonds. The Morgan fingerprint density at radius 3 is 1.59 bits per heavy atom. The number of unbranched alkanes of at least 4 members (excludes halogenated alkanes) is 13. The van der Waals surface area contributed by atoms with Crippen LogP contribution in [-0.4, -0.2) is 49.4 Å². The minimum absolute atomic E-state index is 0. The van der Waals surface area contributed by atoms with E-state index in [4.69, 9.17) is 9.05 Å².